The number of carboxylic acids is 1. The fraction of sp³-hybridized carbons (Fsp3) is 0.273. The fourth-order valence-electron chi connectivity index (χ4n) is 1.26. The zero-order valence-electron chi connectivity index (χ0n) is 9.49. The van der Waals surface area contributed by atoms with E-state index in [2.05, 4.69) is 5.32 Å². The molecule has 1 atom stereocenters. The number of benzene rings is 1. The van der Waals surface area contributed by atoms with Crippen molar-refractivity contribution in [3.05, 3.63) is 31.3 Å². The second-order valence-corrected chi connectivity index (χ2v) is 5.57. The first-order valence-electron chi connectivity index (χ1n) is 5.16. The van der Waals surface area contributed by atoms with Crippen molar-refractivity contribution < 1.29 is 19.8 Å². The van der Waals surface area contributed by atoms with Gasteiger partial charge in [-0.25, -0.2) is 4.79 Å². The Morgan fingerprint density at radius 3 is 2.58 bits per heavy atom. The number of nitrogens with one attached hydrogen (secondary N) is 1. The number of aliphatic carboxylic acids is 1. The van der Waals surface area contributed by atoms with Crippen LogP contribution in [0.25, 0.3) is 0 Å². The van der Waals surface area contributed by atoms with Gasteiger partial charge in [0.05, 0.1) is 10.6 Å². The van der Waals surface area contributed by atoms with Gasteiger partial charge < -0.3 is 15.5 Å². The third-order valence-corrected chi connectivity index (χ3v) is 4.22. The van der Waals surface area contributed by atoms with Crippen molar-refractivity contribution in [3.63, 3.8) is 0 Å². The molecule has 5 nitrogen and oxygen atoms in total. The van der Waals surface area contributed by atoms with E-state index in [0.717, 1.165) is 0 Å². The standard InChI is InChI=1S/C11H10Cl2INO4/c12-5-3-6(9(14)7(13)4-5)10(17)15-2-1-8(16)11(18)19/h3-4,8,16H,1-2H2,(H,15,17)(H,18,19). The van der Waals surface area contributed by atoms with Crippen LogP contribution < -0.4 is 5.32 Å². The maximum absolute atomic E-state index is 11.9. The Morgan fingerprint density at radius 1 is 1.37 bits per heavy atom. The number of rotatable bonds is 5. The number of carboxylic acid groups (broad SMARTS) is 1. The van der Waals surface area contributed by atoms with E-state index in [-0.39, 0.29) is 13.0 Å². The molecule has 0 fully saturated rings. The Kier molecular flexibility index (Phi) is 6.31. The molecule has 0 saturated heterocycles. The van der Waals surface area contributed by atoms with Crippen LogP contribution in [-0.2, 0) is 4.79 Å². The molecule has 0 aliphatic rings. The van der Waals surface area contributed by atoms with Crippen LogP contribution in [0.4, 0.5) is 0 Å². The highest BCUT2D eigenvalue weighted by atomic mass is 127. The lowest BCUT2D eigenvalue weighted by molar-refractivity contribution is -0.146. The minimum atomic E-state index is -1.50. The van der Waals surface area contributed by atoms with E-state index in [9.17, 15) is 9.59 Å². The number of hydrogen-bond acceptors (Lipinski definition) is 3. The molecule has 3 N–H and O–H groups in total. The largest absolute Gasteiger partial charge is 0.479 e. The number of halogens is 3. The molecule has 1 aromatic carbocycles. The van der Waals surface area contributed by atoms with Crippen molar-refractivity contribution in [2.75, 3.05) is 6.54 Å². The lowest BCUT2D eigenvalue weighted by Gasteiger charge is -2.09. The molecular formula is C11H10Cl2INO4. The van der Waals surface area contributed by atoms with E-state index in [0.29, 0.717) is 19.2 Å². The normalized spacial score (nSPS) is 12.0. The number of aliphatic hydroxyl groups excluding tert-OH is 1. The van der Waals surface area contributed by atoms with E-state index >= 15 is 0 Å². The molecule has 0 saturated carbocycles. The number of hydrogen-bond donors (Lipinski definition) is 3. The Morgan fingerprint density at radius 2 is 2.00 bits per heavy atom. The fourth-order valence-corrected chi connectivity index (χ4v) is 2.31. The van der Waals surface area contributed by atoms with Crippen LogP contribution >= 0.6 is 45.8 Å². The Bertz CT molecular complexity index is 510. The van der Waals surface area contributed by atoms with Crippen LogP contribution in [0.2, 0.25) is 10.0 Å². The number of aliphatic hydroxyl groups is 1. The SMILES string of the molecule is O=C(NCCC(O)C(=O)O)c1cc(Cl)cc(Cl)c1I. The monoisotopic (exact) mass is 417 g/mol. The summed E-state index contributed by atoms with van der Waals surface area (Å²) in [5.74, 6) is -1.75. The van der Waals surface area contributed by atoms with Crippen molar-refractivity contribution in [2.24, 2.45) is 0 Å². The molecule has 1 amide bonds. The molecule has 0 aromatic heterocycles. The summed E-state index contributed by atoms with van der Waals surface area (Å²) < 4.78 is 0.556. The van der Waals surface area contributed by atoms with Gasteiger partial charge in [-0.3, -0.25) is 4.79 Å². The van der Waals surface area contributed by atoms with Gasteiger partial charge in [0, 0.05) is 21.6 Å². The number of amides is 1. The predicted molar refractivity (Wildman–Crippen MR) is 79.8 cm³/mol. The first kappa shape index (κ1) is 16.5. The summed E-state index contributed by atoms with van der Waals surface area (Å²) in [5.41, 5.74) is 0.308. The lowest BCUT2D eigenvalue weighted by atomic mass is 10.2. The number of carbonyl (C=O) groups excluding carboxylic acids is 1. The van der Waals surface area contributed by atoms with Gasteiger partial charge in [0.15, 0.2) is 6.10 Å². The molecule has 0 aliphatic heterocycles. The quantitative estimate of drug-likeness (QED) is 0.506. The summed E-state index contributed by atoms with van der Waals surface area (Å²) in [6.07, 6.45) is -1.58. The molecule has 8 heteroatoms. The van der Waals surface area contributed by atoms with Crippen LogP contribution in [0.1, 0.15) is 16.8 Å². The predicted octanol–water partition coefficient (Wildman–Crippen LogP) is 2.16. The van der Waals surface area contributed by atoms with Crippen molar-refractivity contribution >= 4 is 57.7 Å². The number of carbonyl (C=O) groups is 2. The summed E-state index contributed by atoms with van der Waals surface area (Å²) in [4.78, 5) is 22.2. The second-order valence-electron chi connectivity index (χ2n) is 3.65. The van der Waals surface area contributed by atoms with Crippen molar-refractivity contribution in [2.45, 2.75) is 12.5 Å². The third-order valence-electron chi connectivity index (χ3n) is 2.23. The van der Waals surface area contributed by atoms with Gasteiger partial charge in [-0.05, 0) is 34.7 Å². The first-order valence-corrected chi connectivity index (χ1v) is 7.00. The third kappa shape index (κ3) is 4.79. The highest BCUT2D eigenvalue weighted by molar-refractivity contribution is 14.1. The summed E-state index contributed by atoms with van der Waals surface area (Å²) in [6.45, 7) is 0.0342. The molecule has 0 radical (unpaired) electrons. The van der Waals surface area contributed by atoms with Gasteiger partial charge in [0.1, 0.15) is 0 Å². The van der Waals surface area contributed by atoms with Crippen LogP contribution in [0, 0.1) is 3.57 Å². The Balaban J connectivity index is 2.67. The average molecular weight is 418 g/mol. The lowest BCUT2D eigenvalue weighted by Crippen LogP contribution is -2.30. The topological polar surface area (TPSA) is 86.6 Å². The Hall–Kier alpha value is -0.570. The van der Waals surface area contributed by atoms with Gasteiger partial charge in [-0.2, -0.15) is 0 Å². The van der Waals surface area contributed by atoms with Crippen LogP contribution in [-0.4, -0.2) is 34.7 Å². The molecule has 1 unspecified atom stereocenters. The zero-order chi connectivity index (χ0) is 14.6. The maximum atomic E-state index is 11.9. The summed E-state index contributed by atoms with van der Waals surface area (Å²) in [7, 11) is 0. The smallest absolute Gasteiger partial charge is 0.332 e. The van der Waals surface area contributed by atoms with Crippen LogP contribution in [0.15, 0.2) is 12.1 Å². The summed E-state index contributed by atoms with van der Waals surface area (Å²) in [6, 6.07) is 2.99. The molecule has 1 rings (SSSR count). The van der Waals surface area contributed by atoms with Gasteiger partial charge >= 0.3 is 5.97 Å². The minimum absolute atomic E-state index is 0.0342. The van der Waals surface area contributed by atoms with Crippen molar-refractivity contribution in [3.8, 4) is 0 Å². The highest BCUT2D eigenvalue weighted by Crippen LogP contribution is 2.26. The molecule has 1 aromatic rings. The molecule has 0 spiro atoms. The first-order chi connectivity index (χ1) is 8.82. The molecule has 0 heterocycles. The molecule has 19 heavy (non-hydrogen) atoms. The van der Waals surface area contributed by atoms with Crippen LogP contribution in [0.5, 0.6) is 0 Å². The zero-order valence-corrected chi connectivity index (χ0v) is 13.2. The Labute approximate surface area is 133 Å². The van der Waals surface area contributed by atoms with Crippen molar-refractivity contribution in [1.29, 1.82) is 0 Å². The minimum Gasteiger partial charge on any atom is -0.479 e. The van der Waals surface area contributed by atoms with Gasteiger partial charge in [0.2, 0.25) is 0 Å². The second kappa shape index (κ2) is 7.28. The summed E-state index contributed by atoms with van der Waals surface area (Å²) in [5, 5.41) is 20.7. The van der Waals surface area contributed by atoms with E-state index < -0.39 is 18.0 Å². The highest BCUT2D eigenvalue weighted by Gasteiger charge is 2.16. The van der Waals surface area contributed by atoms with Gasteiger partial charge in [0.25, 0.3) is 5.91 Å². The molecule has 104 valence electrons. The van der Waals surface area contributed by atoms with Crippen molar-refractivity contribution in [1.82, 2.24) is 5.32 Å². The van der Waals surface area contributed by atoms with Crippen LogP contribution in [0.3, 0.4) is 0 Å². The van der Waals surface area contributed by atoms with E-state index in [1.807, 2.05) is 22.6 Å². The summed E-state index contributed by atoms with van der Waals surface area (Å²) >= 11 is 13.6. The maximum Gasteiger partial charge on any atom is 0.332 e. The van der Waals surface area contributed by atoms with E-state index in [4.69, 9.17) is 33.4 Å². The van der Waals surface area contributed by atoms with Gasteiger partial charge in [-0.15, -0.1) is 0 Å². The van der Waals surface area contributed by atoms with E-state index in [1.54, 1.807) is 0 Å². The average Bonchev–Trinajstić information content (AvgIpc) is 2.33. The molecular weight excluding hydrogens is 408 g/mol. The van der Waals surface area contributed by atoms with E-state index in [1.165, 1.54) is 12.1 Å². The molecule has 0 bridgehead atoms. The van der Waals surface area contributed by atoms with Gasteiger partial charge in [-0.1, -0.05) is 23.2 Å². The molecule has 0 aliphatic carbocycles.